The first kappa shape index (κ1) is 36.1. The van der Waals surface area contributed by atoms with Gasteiger partial charge in [-0.3, -0.25) is 28.8 Å². The van der Waals surface area contributed by atoms with Crippen molar-refractivity contribution in [2.45, 2.75) is 63.1 Å². The fourth-order valence-corrected chi connectivity index (χ4v) is 6.61. The summed E-state index contributed by atoms with van der Waals surface area (Å²) in [5.74, 6) is -2.91. The van der Waals surface area contributed by atoms with Gasteiger partial charge in [-0.15, -0.1) is 0 Å². The summed E-state index contributed by atoms with van der Waals surface area (Å²) < 4.78 is 7.30. The number of piperazine rings is 1. The Balaban J connectivity index is 1.13. The number of carbonyl (C=O) groups excluding carboxylic acids is 5. The van der Waals surface area contributed by atoms with Crippen LogP contribution in [0.1, 0.15) is 65.8 Å². The van der Waals surface area contributed by atoms with Crippen LogP contribution in [0.5, 0.6) is 5.88 Å². The van der Waals surface area contributed by atoms with Gasteiger partial charge in [-0.25, -0.2) is 4.68 Å². The molecule has 2 aliphatic heterocycles. The molecule has 2 saturated heterocycles. The molecule has 52 heavy (non-hydrogen) atoms. The second kappa shape index (κ2) is 16.5. The number of nitrogens with zero attached hydrogens (tertiary/aromatic N) is 5. The van der Waals surface area contributed by atoms with Gasteiger partial charge in [-0.1, -0.05) is 36.4 Å². The Kier molecular flexibility index (Phi) is 11.5. The normalized spacial score (nSPS) is 17.9. The molecule has 1 saturated carbocycles. The van der Waals surface area contributed by atoms with Crippen LogP contribution in [0.4, 0.5) is 0 Å². The monoisotopic (exact) mass is 713 g/mol. The zero-order chi connectivity index (χ0) is 36.6. The van der Waals surface area contributed by atoms with Crippen molar-refractivity contribution in [1.29, 1.82) is 0 Å². The molecule has 274 valence electrons. The van der Waals surface area contributed by atoms with Crippen LogP contribution >= 0.6 is 0 Å². The summed E-state index contributed by atoms with van der Waals surface area (Å²) in [7, 11) is 0. The third kappa shape index (κ3) is 8.58. The predicted molar refractivity (Wildman–Crippen MR) is 187 cm³/mol. The SMILES string of the molecule is O=C(O)CCC(NC(=O)c1cc(OCC(=O)N2CCCC2C(=O)NC2CCC2)n(-c2ccccc2)n1)C(=O)N1CCN(C(=O)c2ccccc2)CC1. The van der Waals surface area contributed by atoms with Gasteiger partial charge in [0.1, 0.15) is 12.1 Å². The number of aromatic nitrogens is 2. The summed E-state index contributed by atoms with van der Waals surface area (Å²) in [5.41, 5.74) is 0.976. The maximum Gasteiger partial charge on any atom is 0.303 e. The minimum absolute atomic E-state index is 0.0898. The molecule has 2 unspecified atom stereocenters. The van der Waals surface area contributed by atoms with Gasteiger partial charge in [0, 0.05) is 56.8 Å². The zero-order valence-electron chi connectivity index (χ0n) is 28.8. The van der Waals surface area contributed by atoms with Crippen molar-refractivity contribution in [2.24, 2.45) is 0 Å². The largest absolute Gasteiger partial charge is 0.481 e. The van der Waals surface area contributed by atoms with E-state index in [4.69, 9.17) is 4.74 Å². The van der Waals surface area contributed by atoms with Crippen LogP contribution in [0.25, 0.3) is 5.69 Å². The Bertz CT molecular complexity index is 1770. The number of amides is 5. The number of aliphatic carboxylic acids is 1. The number of ether oxygens (including phenoxy) is 1. The molecule has 15 heteroatoms. The van der Waals surface area contributed by atoms with Gasteiger partial charge in [-0.2, -0.15) is 5.10 Å². The number of hydrogen-bond acceptors (Lipinski definition) is 8. The Morgan fingerprint density at radius 2 is 1.52 bits per heavy atom. The summed E-state index contributed by atoms with van der Waals surface area (Å²) in [6, 6.07) is 17.4. The smallest absolute Gasteiger partial charge is 0.303 e. The number of rotatable bonds is 13. The van der Waals surface area contributed by atoms with Crippen molar-refractivity contribution >= 4 is 35.5 Å². The van der Waals surface area contributed by atoms with Crippen LogP contribution in [-0.2, 0) is 19.2 Å². The molecule has 1 aromatic heterocycles. The molecule has 5 amide bonds. The lowest BCUT2D eigenvalue weighted by Gasteiger charge is -2.36. The van der Waals surface area contributed by atoms with Crippen LogP contribution in [0.2, 0.25) is 0 Å². The first-order valence-corrected chi connectivity index (χ1v) is 17.7. The van der Waals surface area contributed by atoms with Crippen LogP contribution in [0, 0.1) is 0 Å². The number of likely N-dealkylation sites (tertiary alicyclic amines) is 1. The minimum atomic E-state index is -1.18. The fraction of sp³-hybridized carbons (Fsp3) is 0.432. The number of carboxylic acid groups (broad SMARTS) is 1. The number of benzene rings is 2. The number of nitrogens with one attached hydrogen (secondary N) is 2. The van der Waals surface area contributed by atoms with Crippen LogP contribution in [0.3, 0.4) is 0 Å². The molecule has 3 N–H and O–H groups in total. The van der Waals surface area contributed by atoms with Crippen molar-refractivity contribution in [3.05, 3.63) is 78.0 Å². The van der Waals surface area contributed by atoms with E-state index in [-0.39, 0.29) is 74.4 Å². The molecule has 3 heterocycles. The number of carboxylic acids is 1. The third-order valence-electron chi connectivity index (χ3n) is 9.73. The van der Waals surface area contributed by atoms with Gasteiger partial charge in [-0.05, 0) is 62.8 Å². The average molecular weight is 714 g/mol. The highest BCUT2D eigenvalue weighted by Crippen LogP contribution is 2.24. The van der Waals surface area contributed by atoms with E-state index in [1.807, 2.05) is 12.1 Å². The molecular weight excluding hydrogens is 670 g/mol. The first-order chi connectivity index (χ1) is 25.2. The van der Waals surface area contributed by atoms with Crippen molar-refractivity contribution in [2.75, 3.05) is 39.3 Å². The molecule has 3 aliphatic rings. The van der Waals surface area contributed by atoms with E-state index < -0.39 is 36.5 Å². The summed E-state index contributed by atoms with van der Waals surface area (Å²) in [6.07, 6.45) is 3.70. The maximum absolute atomic E-state index is 13.7. The van der Waals surface area contributed by atoms with Gasteiger partial charge in [0.2, 0.25) is 17.7 Å². The van der Waals surface area contributed by atoms with E-state index in [9.17, 15) is 33.9 Å². The van der Waals surface area contributed by atoms with Crippen LogP contribution in [-0.4, -0.2) is 123 Å². The van der Waals surface area contributed by atoms with E-state index in [1.165, 1.54) is 20.5 Å². The number of carbonyl (C=O) groups is 6. The van der Waals surface area contributed by atoms with Gasteiger partial charge in [0.25, 0.3) is 17.7 Å². The van der Waals surface area contributed by atoms with E-state index in [0.717, 1.165) is 19.3 Å². The van der Waals surface area contributed by atoms with E-state index >= 15 is 0 Å². The summed E-state index contributed by atoms with van der Waals surface area (Å²) in [6.45, 7) is 1.02. The Morgan fingerprint density at radius 1 is 0.846 bits per heavy atom. The van der Waals surface area contributed by atoms with Gasteiger partial charge >= 0.3 is 5.97 Å². The predicted octanol–water partition coefficient (Wildman–Crippen LogP) is 1.86. The Labute approximate surface area is 300 Å². The summed E-state index contributed by atoms with van der Waals surface area (Å²) >= 11 is 0. The minimum Gasteiger partial charge on any atom is -0.481 e. The highest BCUT2D eigenvalue weighted by molar-refractivity contribution is 5.97. The molecule has 0 spiro atoms. The summed E-state index contributed by atoms with van der Waals surface area (Å²) in [5, 5.41) is 19.5. The van der Waals surface area contributed by atoms with Crippen molar-refractivity contribution in [3.8, 4) is 11.6 Å². The van der Waals surface area contributed by atoms with E-state index in [0.29, 0.717) is 30.6 Å². The number of hydrogen-bond donors (Lipinski definition) is 3. The van der Waals surface area contributed by atoms with E-state index in [1.54, 1.807) is 53.4 Å². The second-order valence-corrected chi connectivity index (χ2v) is 13.2. The maximum atomic E-state index is 13.7. The number of para-hydroxylation sites is 1. The summed E-state index contributed by atoms with van der Waals surface area (Å²) in [4.78, 5) is 82.6. The standard InChI is InChI=1S/C37H43N7O8/c45-31(43-18-8-15-30(43)35(49)38-26-11-7-12-26)24-52-32-23-29(40-44(32)27-13-5-2-6-14-27)34(48)39-28(16-17-33(46)47)37(51)42-21-19-41(20-22-42)36(50)25-9-3-1-4-10-25/h1-6,9-10,13-14,23,26,28,30H,7-8,11-12,15-22,24H2,(H,38,49)(H,39,48)(H,46,47). The molecular formula is C37H43N7O8. The average Bonchev–Trinajstić information content (AvgIpc) is 3.82. The second-order valence-electron chi connectivity index (χ2n) is 13.2. The van der Waals surface area contributed by atoms with Crippen molar-refractivity contribution in [1.82, 2.24) is 35.1 Å². The molecule has 15 nitrogen and oxygen atoms in total. The topological polar surface area (TPSA) is 183 Å². The zero-order valence-corrected chi connectivity index (χ0v) is 28.8. The molecule has 2 atom stereocenters. The molecule has 0 bridgehead atoms. The Hall–Kier alpha value is -5.73. The molecule has 6 rings (SSSR count). The first-order valence-electron chi connectivity index (χ1n) is 17.7. The molecule has 3 fully saturated rings. The molecule has 3 aromatic rings. The van der Waals surface area contributed by atoms with Gasteiger partial charge in [0.05, 0.1) is 5.69 Å². The lowest BCUT2D eigenvalue weighted by atomic mass is 9.93. The van der Waals surface area contributed by atoms with Gasteiger partial charge < -0.3 is 35.2 Å². The van der Waals surface area contributed by atoms with Gasteiger partial charge in [0.15, 0.2) is 12.3 Å². The van der Waals surface area contributed by atoms with Crippen LogP contribution in [0.15, 0.2) is 66.7 Å². The fourth-order valence-electron chi connectivity index (χ4n) is 6.61. The lowest BCUT2D eigenvalue weighted by molar-refractivity contribution is -0.140. The lowest BCUT2D eigenvalue weighted by Crippen LogP contribution is -2.56. The van der Waals surface area contributed by atoms with Crippen molar-refractivity contribution in [3.63, 3.8) is 0 Å². The quantitative estimate of drug-likeness (QED) is 0.238. The third-order valence-corrected chi connectivity index (χ3v) is 9.73. The Morgan fingerprint density at radius 3 is 2.17 bits per heavy atom. The highest BCUT2D eigenvalue weighted by atomic mass is 16.5. The molecule has 0 radical (unpaired) electrons. The molecule has 1 aliphatic carbocycles. The highest BCUT2D eigenvalue weighted by Gasteiger charge is 2.36. The van der Waals surface area contributed by atoms with E-state index in [2.05, 4.69) is 15.7 Å². The van der Waals surface area contributed by atoms with Crippen molar-refractivity contribution < 1.29 is 38.6 Å². The van der Waals surface area contributed by atoms with Crippen LogP contribution < -0.4 is 15.4 Å². The molecule has 2 aromatic carbocycles.